The molecule has 3 heteroatoms. The van der Waals surface area contributed by atoms with E-state index in [1.807, 2.05) is 6.92 Å². The standard InChI is InChI=1S/C12H20N2O/c1-3-4-5-8-14-11(15)12(2)6-9-13-10-7-12/h1,13H,4-10H2,2H3,(H,14,15). The number of nitrogens with one attached hydrogen (secondary N) is 2. The maximum atomic E-state index is 11.9. The topological polar surface area (TPSA) is 41.1 Å². The van der Waals surface area contributed by atoms with Crippen LogP contribution in [0, 0.1) is 17.8 Å². The smallest absolute Gasteiger partial charge is 0.226 e. The van der Waals surface area contributed by atoms with Gasteiger partial charge < -0.3 is 10.6 Å². The van der Waals surface area contributed by atoms with E-state index in [2.05, 4.69) is 16.6 Å². The van der Waals surface area contributed by atoms with E-state index in [9.17, 15) is 4.79 Å². The van der Waals surface area contributed by atoms with Gasteiger partial charge in [0.25, 0.3) is 0 Å². The Morgan fingerprint density at radius 1 is 1.53 bits per heavy atom. The van der Waals surface area contributed by atoms with E-state index in [0.717, 1.165) is 38.8 Å². The van der Waals surface area contributed by atoms with Crippen molar-refractivity contribution in [2.45, 2.75) is 32.6 Å². The van der Waals surface area contributed by atoms with Crippen molar-refractivity contribution in [3.8, 4) is 12.3 Å². The van der Waals surface area contributed by atoms with Crippen LogP contribution in [0.1, 0.15) is 32.6 Å². The molecule has 1 saturated heterocycles. The van der Waals surface area contributed by atoms with Crippen LogP contribution in [-0.2, 0) is 4.79 Å². The molecular weight excluding hydrogens is 188 g/mol. The second-order valence-corrected chi connectivity index (χ2v) is 4.37. The van der Waals surface area contributed by atoms with Gasteiger partial charge in [0.05, 0.1) is 0 Å². The van der Waals surface area contributed by atoms with Crippen LogP contribution in [0.15, 0.2) is 0 Å². The van der Waals surface area contributed by atoms with Gasteiger partial charge in [-0.25, -0.2) is 0 Å². The summed E-state index contributed by atoms with van der Waals surface area (Å²) in [6.45, 7) is 4.62. The largest absolute Gasteiger partial charge is 0.356 e. The highest BCUT2D eigenvalue weighted by molar-refractivity contribution is 5.82. The lowest BCUT2D eigenvalue weighted by molar-refractivity contribution is -0.131. The minimum Gasteiger partial charge on any atom is -0.356 e. The van der Waals surface area contributed by atoms with Crippen LogP contribution in [-0.4, -0.2) is 25.5 Å². The van der Waals surface area contributed by atoms with Gasteiger partial charge in [-0.2, -0.15) is 0 Å². The number of rotatable bonds is 4. The fourth-order valence-electron chi connectivity index (χ4n) is 1.81. The number of carbonyl (C=O) groups excluding carboxylic acids is 1. The van der Waals surface area contributed by atoms with Gasteiger partial charge in [0.2, 0.25) is 5.91 Å². The van der Waals surface area contributed by atoms with Gasteiger partial charge in [-0.3, -0.25) is 4.79 Å². The third-order valence-electron chi connectivity index (χ3n) is 3.04. The zero-order valence-electron chi connectivity index (χ0n) is 9.44. The predicted octanol–water partition coefficient (Wildman–Crippen LogP) is 0.906. The number of hydrogen-bond acceptors (Lipinski definition) is 2. The highest BCUT2D eigenvalue weighted by atomic mass is 16.2. The third-order valence-corrected chi connectivity index (χ3v) is 3.04. The Morgan fingerprint density at radius 2 is 2.20 bits per heavy atom. The Morgan fingerprint density at radius 3 is 2.80 bits per heavy atom. The molecule has 1 aliphatic heterocycles. The summed E-state index contributed by atoms with van der Waals surface area (Å²) in [7, 11) is 0. The summed E-state index contributed by atoms with van der Waals surface area (Å²) in [4.78, 5) is 11.9. The molecule has 1 fully saturated rings. The van der Waals surface area contributed by atoms with Crippen LogP contribution < -0.4 is 10.6 Å². The third kappa shape index (κ3) is 3.56. The van der Waals surface area contributed by atoms with Crippen molar-refractivity contribution < 1.29 is 4.79 Å². The lowest BCUT2D eigenvalue weighted by Gasteiger charge is -2.32. The maximum absolute atomic E-state index is 11.9. The van der Waals surface area contributed by atoms with Crippen LogP contribution in [0.3, 0.4) is 0 Å². The quantitative estimate of drug-likeness (QED) is 0.532. The average molecular weight is 208 g/mol. The Hall–Kier alpha value is -1.01. The molecule has 3 nitrogen and oxygen atoms in total. The van der Waals surface area contributed by atoms with E-state index in [1.54, 1.807) is 0 Å². The van der Waals surface area contributed by atoms with Gasteiger partial charge in [-0.05, 0) is 32.4 Å². The first-order valence-corrected chi connectivity index (χ1v) is 5.61. The molecule has 0 aromatic rings. The van der Waals surface area contributed by atoms with Crippen molar-refractivity contribution in [2.75, 3.05) is 19.6 Å². The van der Waals surface area contributed by atoms with Gasteiger partial charge in [0.15, 0.2) is 0 Å². The number of terminal acetylenes is 1. The summed E-state index contributed by atoms with van der Waals surface area (Å²) in [5, 5.41) is 6.23. The number of piperidine rings is 1. The Labute approximate surface area is 92.0 Å². The molecule has 84 valence electrons. The Kier molecular flexibility index (Phi) is 4.64. The summed E-state index contributed by atoms with van der Waals surface area (Å²) < 4.78 is 0. The van der Waals surface area contributed by atoms with Gasteiger partial charge in [-0.1, -0.05) is 6.92 Å². The number of carbonyl (C=O) groups is 1. The molecule has 1 heterocycles. The van der Waals surface area contributed by atoms with Crippen LogP contribution >= 0.6 is 0 Å². The fourth-order valence-corrected chi connectivity index (χ4v) is 1.81. The minimum atomic E-state index is -0.179. The molecule has 1 rings (SSSR count). The first-order chi connectivity index (χ1) is 7.19. The lowest BCUT2D eigenvalue weighted by Crippen LogP contribution is -2.46. The van der Waals surface area contributed by atoms with Gasteiger partial charge in [0, 0.05) is 18.4 Å². The first-order valence-electron chi connectivity index (χ1n) is 5.61. The highest BCUT2D eigenvalue weighted by Crippen LogP contribution is 2.27. The molecular formula is C12H20N2O. The van der Waals surface area contributed by atoms with Crippen LogP contribution in [0.2, 0.25) is 0 Å². The van der Waals surface area contributed by atoms with Gasteiger partial charge in [0.1, 0.15) is 0 Å². The average Bonchev–Trinajstić information content (AvgIpc) is 2.25. The second kappa shape index (κ2) is 5.77. The van der Waals surface area contributed by atoms with Crippen molar-refractivity contribution in [3.05, 3.63) is 0 Å². The van der Waals surface area contributed by atoms with E-state index in [-0.39, 0.29) is 11.3 Å². The molecule has 15 heavy (non-hydrogen) atoms. The van der Waals surface area contributed by atoms with Crippen molar-refractivity contribution in [3.63, 3.8) is 0 Å². The zero-order chi connectivity index (χ0) is 11.1. The summed E-state index contributed by atoms with van der Waals surface area (Å²) >= 11 is 0. The lowest BCUT2D eigenvalue weighted by atomic mass is 9.80. The molecule has 0 saturated carbocycles. The highest BCUT2D eigenvalue weighted by Gasteiger charge is 2.33. The van der Waals surface area contributed by atoms with Gasteiger partial charge in [-0.15, -0.1) is 12.3 Å². The molecule has 0 bridgehead atoms. The summed E-state index contributed by atoms with van der Waals surface area (Å²) in [6, 6.07) is 0. The van der Waals surface area contributed by atoms with E-state index < -0.39 is 0 Å². The zero-order valence-corrected chi connectivity index (χ0v) is 9.44. The van der Waals surface area contributed by atoms with E-state index in [0.29, 0.717) is 6.54 Å². The SMILES string of the molecule is C#CCCCNC(=O)C1(C)CCNCC1. The summed E-state index contributed by atoms with van der Waals surface area (Å²) in [5.74, 6) is 2.75. The number of amides is 1. The second-order valence-electron chi connectivity index (χ2n) is 4.37. The van der Waals surface area contributed by atoms with Crippen LogP contribution in [0.25, 0.3) is 0 Å². The first kappa shape index (κ1) is 12.1. The molecule has 0 radical (unpaired) electrons. The predicted molar refractivity (Wildman–Crippen MR) is 61.3 cm³/mol. The Bertz CT molecular complexity index is 249. The molecule has 0 aromatic heterocycles. The molecule has 0 aromatic carbocycles. The van der Waals surface area contributed by atoms with Crippen molar-refractivity contribution in [1.29, 1.82) is 0 Å². The van der Waals surface area contributed by atoms with Crippen molar-refractivity contribution in [2.24, 2.45) is 5.41 Å². The van der Waals surface area contributed by atoms with Crippen molar-refractivity contribution >= 4 is 5.91 Å². The molecule has 0 aliphatic carbocycles. The molecule has 2 N–H and O–H groups in total. The van der Waals surface area contributed by atoms with Crippen molar-refractivity contribution in [1.82, 2.24) is 10.6 Å². The minimum absolute atomic E-state index is 0.179. The number of unbranched alkanes of at least 4 members (excludes halogenated alkanes) is 1. The number of hydrogen-bond donors (Lipinski definition) is 2. The molecule has 0 atom stereocenters. The van der Waals surface area contributed by atoms with E-state index in [1.165, 1.54) is 0 Å². The Balaban J connectivity index is 2.29. The normalized spacial score (nSPS) is 19.2. The van der Waals surface area contributed by atoms with E-state index >= 15 is 0 Å². The molecule has 1 amide bonds. The van der Waals surface area contributed by atoms with Gasteiger partial charge >= 0.3 is 0 Å². The van der Waals surface area contributed by atoms with E-state index in [4.69, 9.17) is 6.42 Å². The molecule has 0 unspecified atom stereocenters. The van der Waals surface area contributed by atoms with Crippen LogP contribution in [0.5, 0.6) is 0 Å². The molecule has 1 aliphatic rings. The fraction of sp³-hybridized carbons (Fsp3) is 0.750. The summed E-state index contributed by atoms with van der Waals surface area (Å²) in [5.41, 5.74) is -0.179. The maximum Gasteiger partial charge on any atom is 0.226 e. The van der Waals surface area contributed by atoms with Crippen LogP contribution in [0.4, 0.5) is 0 Å². The molecule has 0 spiro atoms. The summed E-state index contributed by atoms with van der Waals surface area (Å²) in [6.07, 6.45) is 8.60. The monoisotopic (exact) mass is 208 g/mol.